The third-order valence-corrected chi connectivity index (χ3v) is 2.84. The summed E-state index contributed by atoms with van der Waals surface area (Å²) in [6.45, 7) is 6.01. The van der Waals surface area contributed by atoms with E-state index in [1.165, 1.54) is 6.07 Å². The van der Waals surface area contributed by atoms with E-state index in [0.717, 1.165) is 0 Å². The van der Waals surface area contributed by atoms with Crippen molar-refractivity contribution in [3.8, 4) is 5.75 Å². The SMILES string of the molecule is CCOC(=O)c1cc(C(=O)C(C)Br)ccc1OCC. The number of hydrogen-bond donors (Lipinski definition) is 0. The summed E-state index contributed by atoms with van der Waals surface area (Å²) in [4.78, 5) is 23.5. The van der Waals surface area contributed by atoms with Crippen LogP contribution in [0.1, 0.15) is 41.5 Å². The predicted octanol–water partition coefficient (Wildman–Crippen LogP) is 3.23. The van der Waals surface area contributed by atoms with Crippen molar-refractivity contribution in [3.63, 3.8) is 0 Å². The van der Waals surface area contributed by atoms with Crippen molar-refractivity contribution in [2.75, 3.05) is 13.2 Å². The molecule has 0 spiro atoms. The molecule has 1 aromatic carbocycles. The molecule has 4 nitrogen and oxygen atoms in total. The van der Waals surface area contributed by atoms with Gasteiger partial charge in [0.1, 0.15) is 11.3 Å². The van der Waals surface area contributed by atoms with Crippen LogP contribution in [0.15, 0.2) is 18.2 Å². The van der Waals surface area contributed by atoms with Gasteiger partial charge < -0.3 is 9.47 Å². The monoisotopic (exact) mass is 328 g/mol. The molecule has 0 radical (unpaired) electrons. The number of alkyl halides is 1. The molecule has 0 aliphatic carbocycles. The Balaban J connectivity index is 3.17. The Labute approximate surface area is 121 Å². The Morgan fingerprint density at radius 1 is 1.26 bits per heavy atom. The van der Waals surface area contributed by atoms with Crippen LogP contribution in [-0.2, 0) is 4.74 Å². The first-order valence-electron chi connectivity index (χ1n) is 6.13. The number of hydrogen-bond acceptors (Lipinski definition) is 4. The summed E-state index contributed by atoms with van der Waals surface area (Å²) in [7, 11) is 0. The van der Waals surface area contributed by atoms with Gasteiger partial charge >= 0.3 is 5.97 Å². The number of rotatable bonds is 6. The van der Waals surface area contributed by atoms with Gasteiger partial charge in [0.15, 0.2) is 5.78 Å². The van der Waals surface area contributed by atoms with E-state index in [2.05, 4.69) is 15.9 Å². The molecule has 0 bridgehead atoms. The highest BCUT2D eigenvalue weighted by molar-refractivity contribution is 9.10. The summed E-state index contributed by atoms with van der Waals surface area (Å²) in [6.07, 6.45) is 0. The zero-order valence-corrected chi connectivity index (χ0v) is 12.8. The lowest BCUT2D eigenvalue weighted by atomic mass is 10.0. The van der Waals surface area contributed by atoms with Gasteiger partial charge in [-0.3, -0.25) is 4.79 Å². The molecule has 0 aliphatic rings. The molecule has 5 heteroatoms. The highest BCUT2D eigenvalue weighted by atomic mass is 79.9. The molecule has 19 heavy (non-hydrogen) atoms. The highest BCUT2D eigenvalue weighted by Crippen LogP contribution is 2.23. The maximum Gasteiger partial charge on any atom is 0.341 e. The normalized spacial score (nSPS) is 11.8. The Bertz CT molecular complexity index is 469. The lowest BCUT2D eigenvalue weighted by Crippen LogP contribution is -2.13. The molecule has 0 fully saturated rings. The Hall–Kier alpha value is -1.36. The Morgan fingerprint density at radius 3 is 2.47 bits per heavy atom. The molecule has 104 valence electrons. The van der Waals surface area contributed by atoms with Crippen LogP contribution in [0.4, 0.5) is 0 Å². The molecule has 1 unspecified atom stereocenters. The quantitative estimate of drug-likeness (QED) is 0.457. The highest BCUT2D eigenvalue weighted by Gasteiger charge is 2.19. The topological polar surface area (TPSA) is 52.6 Å². The number of carbonyl (C=O) groups excluding carboxylic acids is 2. The molecule has 0 N–H and O–H groups in total. The third-order valence-electron chi connectivity index (χ3n) is 2.42. The van der Waals surface area contributed by atoms with Crippen molar-refractivity contribution < 1.29 is 19.1 Å². The summed E-state index contributed by atoms with van der Waals surface area (Å²) in [5, 5.41) is 0. The van der Waals surface area contributed by atoms with Gasteiger partial charge in [-0.2, -0.15) is 0 Å². The minimum atomic E-state index is -0.483. The van der Waals surface area contributed by atoms with Gasteiger partial charge in [-0.15, -0.1) is 0 Å². The zero-order chi connectivity index (χ0) is 14.4. The maximum absolute atomic E-state index is 11.9. The van der Waals surface area contributed by atoms with Crippen LogP contribution >= 0.6 is 15.9 Å². The number of carbonyl (C=O) groups is 2. The van der Waals surface area contributed by atoms with E-state index >= 15 is 0 Å². The lowest BCUT2D eigenvalue weighted by molar-refractivity contribution is 0.0522. The van der Waals surface area contributed by atoms with Crippen molar-refractivity contribution in [1.82, 2.24) is 0 Å². The van der Waals surface area contributed by atoms with Crippen LogP contribution in [0.5, 0.6) is 5.75 Å². The molecule has 0 amide bonds. The molecule has 1 aromatic rings. The van der Waals surface area contributed by atoms with Crippen molar-refractivity contribution in [2.24, 2.45) is 0 Å². The molecule has 1 rings (SSSR count). The van der Waals surface area contributed by atoms with Gasteiger partial charge in [-0.25, -0.2) is 4.79 Å². The largest absolute Gasteiger partial charge is 0.493 e. The fourth-order valence-electron chi connectivity index (χ4n) is 1.56. The summed E-state index contributed by atoms with van der Waals surface area (Å²) in [5.74, 6) is -0.142. The third kappa shape index (κ3) is 4.06. The van der Waals surface area contributed by atoms with Crippen molar-refractivity contribution in [3.05, 3.63) is 29.3 Å². The Kier molecular flexibility index (Phi) is 6.02. The van der Waals surface area contributed by atoms with Crippen LogP contribution in [-0.4, -0.2) is 29.8 Å². The number of benzene rings is 1. The number of ether oxygens (including phenoxy) is 2. The number of ketones is 1. The smallest absolute Gasteiger partial charge is 0.341 e. The molecule has 0 saturated heterocycles. The average Bonchev–Trinajstić information content (AvgIpc) is 2.38. The fourth-order valence-corrected chi connectivity index (χ4v) is 1.83. The molecule has 0 saturated carbocycles. The van der Waals surface area contributed by atoms with E-state index in [-0.39, 0.29) is 22.8 Å². The van der Waals surface area contributed by atoms with E-state index in [1.807, 2.05) is 6.92 Å². The molecule has 1 atom stereocenters. The number of Topliss-reactive ketones (excluding diaryl/α,β-unsaturated/α-hetero) is 1. The van der Waals surface area contributed by atoms with Crippen molar-refractivity contribution in [2.45, 2.75) is 25.6 Å². The standard InChI is InChI=1S/C14H17BrO4/c1-4-18-12-7-6-10(13(16)9(3)15)8-11(12)14(17)19-5-2/h6-9H,4-5H2,1-3H3. The van der Waals surface area contributed by atoms with Crippen LogP contribution < -0.4 is 4.74 Å². The minimum absolute atomic E-state index is 0.0893. The first kappa shape index (κ1) is 15.7. The first-order chi connectivity index (χ1) is 9.01. The maximum atomic E-state index is 11.9. The fraction of sp³-hybridized carbons (Fsp3) is 0.429. The van der Waals surface area contributed by atoms with Gasteiger partial charge in [0.25, 0.3) is 0 Å². The lowest BCUT2D eigenvalue weighted by Gasteiger charge is -2.11. The van der Waals surface area contributed by atoms with Crippen LogP contribution in [0, 0.1) is 0 Å². The van der Waals surface area contributed by atoms with Gasteiger partial charge in [-0.05, 0) is 39.0 Å². The molecular weight excluding hydrogens is 312 g/mol. The van der Waals surface area contributed by atoms with Crippen LogP contribution in [0.25, 0.3) is 0 Å². The van der Waals surface area contributed by atoms with Gasteiger partial charge in [0, 0.05) is 5.56 Å². The van der Waals surface area contributed by atoms with E-state index in [1.54, 1.807) is 26.0 Å². The second-order valence-corrected chi connectivity index (χ2v) is 5.22. The summed E-state index contributed by atoms with van der Waals surface area (Å²) < 4.78 is 10.3. The molecule has 0 aromatic heterocycles. The van der Waals surface area contributed by atoms with Gasteiger partial charge in [0.05, 0.1) is 18.0 Å². The first-order valence-corrected chi connectivity index (χ1v) is 7.05. The van der Waals surface area contributed by atoms with E-state index < -0.39 is 5.97 Å². The molecule has 0 heterocycles. The molecule has 0 aliphatic heterocycles. The van der Waals surface area contributed by atoms with Gasteiger partial charge in [-0.1, -0.05) is 15.9 Å². The summed E-state index contributed by atoms with van der Waals surface area (Å²) in [6, 6.07) is 4.79. The van der Waals surface area contributed by atoms with Crippen molar-refractivity contribution >= 4 is 27.7 Å². The second-order valence-electron chi connectivity index (χ2n) is 3.84. The number of halogens is 1. The van der Waals surface area contributed by atoms with Gasteiger partial charge in [0.2, 0.25) is 0 Å². The van der Waals surface area contributed by atoms with E-state index in [9.17, 15) is 9.59 Å². The van der Waals surface area contributed by atoms with Crippen molar-refractivity contribution in [1.29, 1.82) is 0 Å². The summed E-state index contributed by atoms with van der Waals surface area (Å²) in [5.41, 5.74) is 0.735. The van der Waals surface area contributed by atoms with Crippen LogP contribution in [0.2, 0.25) is 0 Å². The van der Waals surface area contributed by atoms with Crippen LogP contribution in [0.3, 0.4) is 0 Å². The number of esters is 1. The van der Waals surface area contributed by atoms with E-state index in [0.29, 0.717) is 17.9 Å². The second kappa shape index (κ2) is 7.28. The molecular formula is C14H17BrO4. The minimum Gasteiger partial charge on any atom is -0.493 e. The Morgan fingerprint density at radius 2 is 1.95 bits per heavy atom. The zero-order valence-electron chi connectivity index (χ0n) is 11.2. The predicted molar refractivity (Wildman–Crippen MR) is 76.3 cm³/mol. The summed E-state index contributed by atoms with van der Waals surface area (Å²) >= 11 is 3.22. The van der Waals surface area contributed by atoms with E-state index in [4.69, 9.17) is 9.47 Å². The average molecular weight is 329 g/mol.